The molecule has 24 heavy (non-hydrogen) atoms. The van der Waals surface area contributed by atoms with E-state index in [0.29, 0.717) is 6.42 Å². The first-order valence-electron chi connectivity index (χ1n) is 6.60. The molecule has 0 unspecified atom stereocenters. The molecule has 1 N–H and O–H groups in total. The summed E-state index contributed by atoms with van der Waals surface area (Å²) >= 11 is 1.44. The number of fused-ring (bicyclic) bond motifs is 2. The molecule has 0 aromatic carbocycles. The van der Waals surface area contributed by atoms with Crippen molar-refractivity contribution in [1.29, 1.82) is 0 Å². The number of rotatable bonds is 4. The first kappa shape index (κ1) is 18.7. The molecule has 0 aliphatic heterocycles. The Morgan fingerprint density at radius 1 is 1.25 bits per heavy atom. The quantitative estimate of drug-likeness (QED) is 0.808. The second kappa shape index (κ2) is 6.36. The van der Waals surface area contributed by atoms with Gasteiger partial charge in [0.25, 0.3) is 0 Å². The van der Waals surface area contributed by atoms with Gasteiger partial charge in [0.15, 0.2) is 11.7 Å². The van der Waals surface area contributed by atoms with Crippen molar-refractivity contribution in [2.75, 3.05) is 19.0 Å². The Hall–Kier alpha value is -1.61. The monoisotopic (exact) mass is 386 g/mol. The van der Waals surface area contributed by atoms with Gasteiger partial charge in [-0.05, 0) is 35.8 Å². The van der Waals surface area contributed by atoms with Crippen LogP contribution in [0.25, 0.3) is 11.6 Å². The summed E-state index contributed by atoms with van der Waals surface area (Å²) in [4.78, 5) is 4.40. The molecule has 3 rings (SSSR count). The van der Waals surface area contributed by atoms with Crippen LogP contribution < -0.4 is 15.2 Å². The molecule has 3 nitrogen and oxygen atoms in total. The lowest BCUT2D eigenvalue weighted by atomic mass is 10.00. The summed E-state index contributed by atoms with van der Waals surface area (Å²) in [7, 11) is 1.75. The molecular weight excluding hydrogens is 375 g/mol. The van der Waals surface area contributed by atoms with E-state index in [1.807, 2.05) is 6.08 Å². The number of hydrogen-bond acceptors (Lipinski definition) is 4. The average molecular weight is 387 g/mol. The summed E-state index contributed by atoms with van der Waals surface area (Å²) in [5.41, 5.74) is 1.64. The van der Waals surface area contributed by atoms with Crippen molar-refractivity contribution in [3.63, 3.8) is 0 Å². The van der Waals surface area contributed by atoms with Gasteiger partial charge in [0.1, 0.15) is 5.76 Å². The van der Waals surface area contributed by atoms with Crippen LogP contribution in [0.2, 0.25) is 0 Å². The van der Waals surface area contributed by atoms with Crippen LogP contribution in [0.4, 0.5) is 27.1 Å². The van der Waals surface area contributed by atoms with E-state index in [1.54, 1.807) is 7.05 Å². The Morgan fingerprint density at radius 3 is 2.58 bits per heavy atom. The molecule has 1 aromatic rings. The molecular formula is C14H12ClF5N2OS. The minimum atomic E-state index is -5.62. The second-order valence-corrected chi connectivity index (χ2v) is 6.04. The third kappa shape index (κ3) is 3.27. The van der Waals surface area contributed by atoms with E-state index in [1.165, 1.54) is 23.5 Å². The first-order chi connectivity index (χ1) is 10.7. The highest BCUT2D eigenvalue weighted by Crippen LogP contribution is 2.36. The van der Waals surface area contributed by atoms with Gasteiger partial charge in [-0.2, -0.15) is 22.0 Å². The third-order valence-electron chi connectivity index (χ3n) is 3.43. The molecule has 2 aliphatic carbocycles. The highest BCUT2D eigenvalue weighted by atomic mass is 35.5. The fourth-order valence-corrected chi connectivity index (χ4v) is 3.13. The van der Waals surface area contributed by atoms with Crippen LogP contribution in [0.5, 0.6) is 0 Å². The van der Waals surface area contributed by atoms with Gasteiger partial charge >= 0.3 is 12.1 Å². The van der Waals surface area contributed by atoms with Gasteiger partial charge in [0, 0.05) is 7.05 Å². The maximum absolute atomic E-state index is 12.9. The van der Waals surface area contributed by atoms with Crippen molar-refractivity contribution in [2.24, 2.45) is 0 Å². The number of thiazole rings is 1. The van der Waals surface area contributed by atoms with Crippen LogP contribution in [0.1, 0.15) is 6.42 Å². The molecule has 0 saturated carbocycles. The highest BCUT2D eigenvalue weighted by molar-refractivity contribution is 7.13. The van der Waals surface area contributed by atoms with Crippen molar-refractivity contribution in [2.45, 2.75) is 18.5 Å². The zero-order chi connectivity index (χ0) is 16.8. The minimum Gasteiger partial charge on any atom is -0.487 e. The van der Waals surface area contributed by atoms with E-state index in [2.05, 4.69) is 15.0 Å². The Morgan fingerprint density at radius 2 is 1.96 bits per heavy atom. The summed E-state index contributed by atoms with van der Waals surface area (Å²) in [6.45, 7) is -1.73. The molecule has 0 saturated heterocycles. The summed E-state index contributed by atoms with van der Waals surface area (Å²) in [6, 6.07) is 0. The van der Waals surface area contributed by atoms with E-state index in [4.69, 9.17) is 0 Å². The van der Waals surface area contributed by atoms with Gasteiger partial charge in [-0.1, -0.05) is 11.3 Å². The standard InChI is InChI=1S/C14H11F5N2OS.ClH/c1-20-12-21-11-9-3-2-8(4-7(9)5-10(11)23-12)22-6-13(15,16)14(17,18)19;/h2,4-5H,3,6H2,1H3,(H,20,21);1H. The molecule has 0 atom stereocenters. The van der Waals surface area contributed by atoms with Crippen molar-refractivity contribution >= 4 is 40.5 Å². The summed E-state index contributed by atoms with van der Waals surface area (Å²) < 4.78 is 67.7. The molecule has 1 heterocycles. The first-order valence-corrected chi connectivity index (χ1v) is 7.42. The Kier molecular flexibility index (Phi) is 4.96. The van der Waals surface area contributed by atoms with Crippen molar-refractivity contribution in [3.05, 3.63) is 33.4 Å². The van der Waals surface area contributed by atoms with E-state index in [0.717, 1.165) is 26.2 Å². The number of halogens is 6. The molecule has 0 fully saturated rings. The van der Waals surface area contributed by atoms with Gasteiger partial charge in [-0.15, -0.1) is 12.4 Å². The summed E-state index contributed by atoms with van der Waals surface area (Å²) in [5, 5.41) is 4.50. The largest absolute Gasteiger partial charge is 0.487 e. The summed E-state index contributed by atoms with van der Waals surface area (Å²) in [6.07, 6.45) is -0.494. The zero-order valence-corrected chi connectivity index (χ0v) is 13.8. The Balaban J connectivity index is 0.00000208. The SMILES string of the molecule is CNc1nc2c(s1)=CC1=CC(OCC(F)(F)C(F)(F)F)=CCC=21.Cl. The Bertz CT molecular complexity index is 825. The van der Waals surface area contributed by atoms with Crippen LogP contribution in [0, 0.1) is 0 Å². The zero-order valence-electron chi connectivity index (χ0n) is 12.2. The molecule has 10 heteroatoms. The van der Waals surface area contributed by atoms with Crippen molar-refractivity contribution < 1.29 is 26.7 Å². The van der Waals surface area contributed by atoms with E-state index in [9.17, 15) is 22.0 Å². The normalized spacial score (nSPS) is 16.3. The molecule has 0 amide bonds. The van der Waals surface area contributed by atoms with Gasteiger partial charge < -0.3 is 10.1 Å². The van der Waals surface area contributed by atoms with E-state index >= 15 is 0 Å². The predicted octanol–water partition coefficient (Wildman–Crippen LogP) is 2.98. The summed E-state index contributed by atoms with van der Waals surface area (Å²) in [5.74, 6) is -4.87. The number of hydrogen-bond donors (Lipinski definition) is 1. The lowest BCUT2D eigenvalue weighted by Crippen LogP contribution is -2.40. The van der Waals surface area contributed by atoms with Crippen LogP contribution in [-0.2, 0) is 4.74 Å². The second-order valence-electron chi connectivity index (χ2n) is 5.01. The van der Waals surface area contributed by atoms with Crippen molar-refractivity contribution in [1.82, 2.24) is 4.98 Å². The van der Waals surface area contributed by atoms with Crippen LogP contribution in [-0.4, -0.2) is 30.7 Å². The van der Waals surface area contributed by atoms with Crippen molar-refractivity contribution in [3.8, 4) is 0 Å². The molecule has 132 valence electrons. The van der Waals surface area contributed by atoms with Crippen LogP contribution in [0.3, 0.4) is 0 Å². The fraction of sp³-hybridized carbons (Fsp3) is 0.357. The Labute approximate surface area is 143 Å². The maximum Gasteiger partial charge on any atom is 0.456 e. The third-order valence-corrected chi connectivity index (χ3v) is 4.45. The predicted molar refractivity (Wildman–Crippen MR) is 83.8 cm³/mol. The topological polar surface area (TPSA) is 34.2 Å². The lowest BCUT2D eigenvalue weighted by Gasteiger charge is -2.21. The number of aromatic nitrogens is 1. The van der Waals surface area contributed by atoms with Gasteiger partial charge in [0.05, 0.1) is 9.88 Å². The number of nitrogens with one attached hydrogen (secondary N) is 1. The average Bonchev–Trinajstić information content (AvgIpc) is 3.00. The number of anilines is 1. The van der Waals surface area contributed by atoms with E-state index < -0.39 is 18.7 Å². The van der Waals surface area contributed by atoms with Gasteiger partial charge in [-0.25, -0.2) is 4.98 Å². The molecule has 1 aromatic heterocycles. The number of nitrogens with zero attached hydrogens (tertiary/aromatic N) is 1. The fourth-order valence-electron chi connectivity index (χ4n) is 2.23. The van der Waals surface area contributed by atoms with Gasteiger partial charge in [-0.3, -0.25) is 0 Å². The molecule has 0 radical (unpaired) electrons. The van der Waals surface area contributed by atoms with Crippen LogP contribution in [0.15, 0.2) is 23.5 Å². The highest BCUT2D eigenvalue weighted by Gasteiger charge is 2.58. The molecule has 0 spiro atoms. The number of alkyl halides is 5. The minimum absolute atomic E-state index is 0. The van der Waals surface area contributed by atoms with Gasteiger partial charge in [0.2, 0.25) is 0 Å². The molecule has 0 bridgehead atoms. The number of ether oxygens (including phenoxy) is 1. The number of allylic oxidation sites excluding steroid dienone is 3. The van der Waals surface area contributed by atoms with Crippen LogP contribution >= 0.6 is 23.7 Å². The maximum atomic E-state index is 12.9. The lowest BCUT2D eigenvalue weighted by molar-refractivity contribution is -0.293. The smallest absolute Gasteiger partial charge is 0.456 e. The molecule has 2 aliphatic rings. The van der Waals surface area contributed by atoms with E-state index in [-0.39, 0.29) is 18.2 Å².